The zero-order valence-electron chi connectivity index (χ0n) is 9.52. The number of ether oxygens (including phenoxy) is 1. The van der Waals surface area contributed by atoms with Crippen molar-refractivity contribution in [3.63, 3.8) is 0 Å². The number of rotatable bonds is 4. The molecule has 0 saturated carbocycles. The molecule has 4 heteroatoms. The van der Waals surface area contributed by atoms with E-state index in [0.717, 1.165) is 11.3 Å². The zero-order valence-corrected chi connectivity index (χ0v) is 11.1. The van der Waals surface area contributed by atoms with E-state index in [2.05, 4.69) is 18.4 Å². The van der Waals surface area contributed by atoms with Crippen molar-refractivity contribution in [3.05, 3.63) is 51.2 Å². The molecule has 0 spiro atoms. The Bertz CT molecular complexity index is 498. The van der Waals surface area contributed by atoms with Crippen molar-refractivity contribution in [1.29, 1.82) is 0 Å². The van der Waals surface area contributed by atoms with Gasteiger partial charge in [-0.05, 0) is 42.1 Å². The van der Waals surface area contributed by atoms with E-state index in [9.17, 15) is 0 Å². The predicted octanol–water partition coefficient (Wildman–Crippen LogP) is 3.79. The minimum atomic E-state index is -0.0982. The van der Waals surface area contributed by atoms with Crippen LogP contribution in [0.4, 0.5) is 0 Å². The molecule has 0 bridgehead atoms. The summed E-state index contributed by atoms with van der Waals surface area (Å²) in [6, 6.07) is 9.33. The largest absolute Gasteiger partial charge is 0.492 e. The normalized spacial score (nSPS) is 12.4. The summed E-state index contributed by atoms with van der Waals surface area (Å²) in [5.74, 6) is 0.750. The van der Waals surface area contributed by atoms with Crippen LogP contribution in [0.2, 0.25) is 5.02 Å². The van der Waals surface area contributed by atoms with E-state index in [0.29, 0.717) is 11.6 Å². The molecule has 90 valence electrons. The molecule has 1 unspecified atom stereocenters. The Kier molecular flexibility index (Phi) is 4.05. The van der Waals surface area contributed by atoms with Crippen LogP contribution in [0.15, 0.2) is 35.7 Å². The van der Waals surface area contributed by atoms with Gasteiger partial charge in [-0.15, -0.1) is 11.3 Å². The first-order chi connectivity index (χ1) is 8.15. The maximum absolute atomic E-state index is 6.04. The molecule has 0 aliphatic heterocycles. The summed E-state index contributed by atoms with van der Waals surface area (Å²) in [5.41, 5.74) is 7.16. The molecule has 0 saturated heterocycles. The van der Waals surface area contributed by atoms with Crippen LogP contribution in [-0.2, 0) is 0 Å². The average Bonchev–Trinajstić information content (AvgIpc) is 2.73. The standard InChI is InChI=1S/C13H14ClNOS/c1-9-5-10(8-17-9)13(15)7-16-12-4-2-3-11(14)6-12/h2-6,8,13H,7,15H2,1H3. The zero-order chi connectivity index (χ0) is 12.3. The van der Waals surface area contributed by atoms with Crippen molar-refractivity contribution in [2.24, 2.45) is 5.73 Å². The van der Waals surface area contributed by atoms with Gasteiger partial charge in [0.05, 0.1) is 6.04 Å². The summed E-state index contributed by atoms with van der Waals surface area (Å²) < 4.78 is 5.61. The van der Waals surface area contributed by atoms with Gasteiger partial charge in [0.2, 0.25) is 0 Å². The Morgan fingerprint density at radius 1 is 1.41 bits per heavy atom. The van der Waals surface area contributed by atoms with Crippen molar-refractivity contribution in [2.75, 3.05) is 6.61 Å². The fourth-order valence-electron chi connectivity index (χ4n) is 1.50. The molecule has 0 aliphatic carbocycles. The molecule has 2 rings (SSSR count). The van der Waals surface area contributed by atoms with Crippen molar-refractivity contribution >= 4 is 22.9 Å². The highest BCUT2D eigenvalue weighted by atomic mass is 35.5. The van der Waals surface area contributed by atoms with Gasteiger partial charge in [-0.3, -0.25) is 0 Å². The SMILES string of the molecule is Cc1cc(C(N)COc2cccc(Cl)c2)cs1. The van der Waals surface area contributed by atoms with Crippen molar-refractivity contribution < 1.29 is 4.74 Å². The lowest BCUT2D eigenvalue weighted by Crippen LogP contribution is -2.18. The second-order valence-electron chi connectivity index (χ2n) is 3.87. The van der Waals surface area contributed by atoms with Crippen LogP contribution in [0.3, 0.4) is 0 Å². The Labute approximate surface area is 110 Å². The second-order valence-corrected chi connectivity index (χ2v) is 5.42. The number of hydrogen-bond donors (Lipinski definition) is 1. The van der Waals surface area contributed by atoms with Gasteiger partial charge in [-0.25, -0.2) is 0 Å². The highest BCUT2D eigenvalue weighted by Gasteiger charge is 2.08. The Morgan fingerprint density at radius 3 is 2.88 bits per heavy atom. The third kappa shape index (κ3) is 3.46. The molecular weight excluding hydrogens is 254 g/mol. The Morgan fingerprint density at radius 2 is 2.24 bits per heavy atom. The monoisotopic (exact) mass is 267 g/mol. The molecule has 2 N–H and O–H groups in total. The number of nitrogens with two attached hydrogens (primary N) is 1. The van der Waals surface area contributed by atoms with E-state index < -0.39 is 0 Å². The van der Waals surface area contributed by atoms with Gasteiger partial charge in [0.25, 0.3) is 0 Å². The minimum Gasteiger partial charge on any atom is -0.492 e. The predicted molar refractivity (Wildman–Crippen MR) is 72.9 cm³/mol. The smallest absolute Gasteiger partial charge is 0.120 e. The van der Waals surface area contributed by atoms with Crippen molar-refractivity contribution in [3.8, 4) is 5.75 Å². The van der Waals surface area contributed by atoms with Crippen LogP contribution in [0.25, 0.3) is 0 Å². The lowest BCUT2D eigenvalue weighted by atomic mass is 10.2. The lowest BCUT2D eigenvalue weighted by Gasteiger charge is -2.12. The first-order valence-corrected chi connectivity index (χ1v) is 6.60. The number of hydrogen-bond acceptors (Lipinski definition) is 3. The highest BCUT2D eigenvalue weighted by Crippen LogP contribution is 2.21. The second kappa shape index (κ2) is 5.54. The molecule has 1 aromatic heterocycles. The lowest BCUT2D eigenvalue weighted by molar-refractivity contribution is 0.291. The molecule has 0 radical (unpaired) electrons. The van der Waals surface area contributed by atoms with Crippen LogP contribution in [0.1, 0.15) is 16.5 Å². The summed E-state index contributed by atoms with van der Waals surface area (Å²) in [4.78, 5) is 1.26. The summed E-state index contributed by atoms with van der Waals surface area (Å²) in [7, 11) is 0. The number of aryl methyl sites for hydroxylation is 1. The molecule has 0 aliphatic rings. The van der Waals surface area contributed by atoms with E-state index in [1.807, 2.05) is 18.2 Å². The van der Waals surface area contributed by atoms with Crippen LogP contribution < -0.4 is 10.5 Å². The maximum atomic E-state index is 6.04. The molecule has 0 fully saturated rings. The van der Waals surface area contributed by atoms with E-state index in [1.54, 1.807) is 17.4 Å². The quantitative estimate of drug-likeness (QED) is 0.915. The van der Waals surface area contributed by atoms with Crippen molar-refractivity contribution in [1.82, 2.24) is 0 Å². The Balaban J connectivity index is 1.94. The van der Waals surface area contributed by atoms with E-state index in [4.69, 9.17) is 22.1 Å². The molecule has 1 atom stereocenters. The van der Waals surface area contributed by atoms with E-state index >= 15 is 0 Å². The van der Waals surface area contributed by atoms with Crippen LogP contribution in [-0.4, -0.2) is 6.61 Å². The van der Waals surface area contributed by atoms with Gasteiger partial charge in [0, 0.05) is 9.90 Å². The van der Waals surface area contributed by atoms with Gasteiger partial charge < -0.3 is 10.5 Å². The van der Waals surface area contributed by atoms with Gasteiger partial charge in [-0.1, -0.05) is 17.7 Å². The average molecular weight is 268 g/mol. The third-order valence-corrected chi connectivity index (χ3v) is 3.52. The Hall–Kier alpha value is -1.03. The fourth-order valence-corrected chi connectivity index (χ4v) is 2.45. The highest BCUT2D eigenvalue weighted by molar-refractivity contribution is 7.10. The topological polar surface area (TPSA) is 35.2 Å². The summed E-state index contributed by atoms with van der Waals surface area (Å²) >= 11 is 7.57. The van der Waals surface area contributed by atoms with Gasteiger partial charge in [-0.2, -0.15) is 0 Å². The number of halogens is 1. The maximum Gasteiger partial charge on any atom is 0.120 e. The molecule has 1 heterocycles. The van der Waals surface area contributed by atoms with E-state index in [1.165, 1.54) is 4.88 Å². The first kappa shape index (κ1) is 12.4. The van der Waals surface area contributed by atoms with Crippen LogP contribution >= 0.6 is 22.9 Å². The van der Waals surface area contributed by atoms with Gasteiger partial charge in [0.15, 0.2) is 0 Å². The molecule has 2 nitrogen and oxygen atoms in total. The number of thiophene rings is 1. The molecule has 1 aromatic carbocycles. The number of benzene rings is 1. The fraction of sp³-hybridized carbons (Fsp3) is 0.231. The van der Waals surface area contributed by atoms with Gasteiger partial charge in [0.1, 0.15) is 12.4 Å². The van der Waals surface area contributed by atoms with Crippen LogP contribution in [0.5, 0.6) is 5.75 Å². The van der Waals surface area contributed by atoms with Gasteiger partial charge >= 0.3 is 0 Å². The molecule has 0 amide bonds. The summed E-state index contributed by atoms with van der Waals surface area (Å²) in [6.07, 6.45) is 0. The molecular formula is C13H14ClNOS. The molecule has 17 heavy (non-hydrogen) atoms. The summed E-state index contributed by atoms with van der Waals surface area (Å²) in [6.45, 7) is 2.52. The van der Waals surface area contributed by atoms with E-state index in [-0.39, 0.29) is 6.04 Å². The first-order valence-electron chi connectivity index (χ1n) is 5.34. The van der Waals surface area contributed by atoms with Crippen molar-refractivity contribution in [2.45, 2.75) is 13.0 Å². The summed E-state index contributed by atoms with van der Waals surface area (Å²) in [5, 5.41) is 2.74. The van der Waals surface area contributed by atoms with Crippen LogP contribution in [0, 0.1) is 6.92 Å². The molecule has 2 aromatic rings. The third-order valence-electron chi connectivity index (χ3n) is 2.40. The minimum absolute atomic E-state index is 0.0982.